The Morgan fingerprint density at radius 3 is 2.38 bits per heavy atom. The molecule has 2 aromatic carbocycles. The lowest BCUT2D eigenvalue weighted by Crippen LogP contribution is -2.62. The van der Waals surface area contributed by atoms with Crippen LogP contribution in [0.4, 0.5) is 10.7 Å². The Morgan fingerprint density at radius 1 is 1.06 bits per heavy atom. The van der Waals surface area contributed by atoms with Crippen LogP contribution in [0.15, 0.2) is 53.4 Å². The predicted molar refractivity (Wildman–Crippen MR) is 180 cm³/mol. The molecule has 1 aromatic heterocycles. The van der Waals surface area contributed by atoms with Crippen molar-refractivity contribution in [3.05, 3.63) is 65.2 Å². The molecule has 2 aliphatic rings. The number of aromatic nitrogens is 2. The van der Waals surface area contributed by atoms with Crippen LogP contribution in [0.25, 0.3) is 11.3 Å². The van der Waals surface area contributed by atoms with Crippen LogP contribution in [0.5, 0.6) is 5.88 Å². The lowest BCUT2D eigenvalue weighted by atomic mass is 9.51. The molecule has 0 bridgehead atoms. The average Bonchev–Trinajstić information content (AvgIpc) is 2.98. The van der Waals surface area contributed by atoms with Crippen LogP contribution in [0, 0.1) is 25.2 Å². The van der Waals surface area contributed by atoms with Crippen molar-refractivity contribution in [3.8, 4) is 17.1 Å². The molecule has 252 valence electrons. The number of aldehydes is 1. The molecule has 2 saturated carbocycles. The van der Waals surface area contributed by atoms with E-state index in [1.54, 1.807) is 6.07 Å². The third-order valence-electron chi connectivity index (χ3n) is 9.49. The first-order valence-corrected chi connectivity index (χ1v) is 17.5. The minimum atomic E-state index is -4.10. The molecule has 3 aromatic rings. The monoisotopic (exact) mass is 663 g/mol. The SMILES string of the molecule is COC(=O)N[C@H]1CC2(C1)C[C@H](N(C)[C@@H](COc1cc(-c3c(C)cccc3C)nc(NS(=O)(=O)c3cccc(C=O)c3)n1)CC(C)C)C2. The number of aryl methyl sites for hydroxylation is 2. The topological polar surface area (TPSA) is 140 Å². The highest BCUT2D eigenvalue weighted by atomic mass is 32.2. The zero-order valence-electron chi connectivity index (χ0n) is 27.9. The summed E-state index contributed by atoms with van der Waals surface area (Å²) >= 11 is 0. The van der Waals surface area contributed by atoms with E-state index in [1.165, 1.54) is 31.4 Å². The van der Waals surface area contributed by atoms with E-state index in [0.717, 1.165) is 48.8 Å². The maximum absolute atomic E-state index is 13.3. The van der Waals surface area contributed by atoms with Gasteiger partial charge in [-0.15, -0.1) is 0 Å². The van der Waals surface area contributed by atoms with Crippen LogP contribution in [0.1, 0.15) is 67.4 Å². The summed E-state index contributed by atoms with van der Waals surface area (Å²) in [5.74, 6) is 0.573. The maximum Gasteiger partial charge on any atom is 0.407 e. The molecule has 0 aliphatic heterocycles. The number of benzene rings is 2. The van der Waals surface area contributed by atoms with Gasteiger partial charge in [-0.1, -0.05) is 44.2 Å². The fourth-order valence-electron chi connectivity index (χ4n) is 7.08. The molecule has 0 unspecified atom stereocenters. The Labute approximate surface area is 277 Å². The third kappa shape index (κ3) is 7.93. The number of likely N-dealkylation sites (N-methyl/N-ethyl adjacent to an activating group) is 1. The number of nitrogens with one attached hydrogen (secondary N) is 2. The van der Waals surface area contributed by atoms with Gasteiger partial charge in [0.25, 0.3) is 10.0 Å². The zero-order chi connectivity index (χ0) is 33.9. The molecule has 1 spiro atoms. The van der Waals surface area contributed by atoms with Gasteiger partial charge in [0, 0.05) is 35.3 Å². The molecule has 11 nitrogen and oxygen atoms in total. The highest BCUT2D eigenvalue weighted by molar-refractivity contribution is 7.92. The standard InChI is InChI=1S/C35H45N5O6S/c1-22(2)13-27(40(5)28-18-35(19-28)16-26(17-35)36-34(42)45-6)21-46-31-15-30(32-23(3)9-7-10-24(32)4)37-33(38-31)39-47(43,44)29-12-8-11-25(14-29)20-41/h7-12,14-15,20,22,26-28H,13,16-19,21H2,1-6H3,(H,36,42)(H,37,38,39)/t26-,27-,28-,35?/m1/s1. The van der Waals surface area contributed by atoms with E-state index in [9.17, 15) is 18.0 Å². The van der Waals surface area contributed by atoms with Gasteiger partial charge >= 0.3 is 6.09 Å². The number of methoxy groups -OCH3 is 1. The number of amides is 1. The third-order valence-corrected chi connectivity index (χ3v) is 10.8. The van der Waals surface area contributed by atoms with Gasteiger partial charge in [-0.25, -0.2) is 22.9 Å². The number of nitrogens with zero attached hydrogens (tertiary/aromatic N) is 3. The molecular weight excluding hydrogens is 618 g/mol. The Hall–Kier alpha value is -4.03. The van der Waals surface area contributed by atoms with Crippen LogP contribution in [0.2, 0.25) is 0 Å². The van der Waals surface area contributed by atoms with Crippen molar-refractivity contribution in [2.75, 3.05) is 25.5 Å². The van der Waals surface area contributed by atoms with Gasteiger partial charge in [0.05, 0.1) is 17.7 Å². The van der Waals surface area contributed by atoms with Crippen LogP contribution in [-0.4, -0.2) is 74.6 Å². The van der Waals surface area contributed by atoms with Gasteiger partial charge in [-0.3, -0.25) is 9.69 Å². The number of anilines is 1. The minimum Gasteiger partial charge on any atom is -0.476 e. The summed E-state index contributed by atoms with van der Waals surface area (Å²) in [7, 11) is -0.568. The van der Waals surface area contributed by atoms with Gasteiger partial charge in [0.2, 0.25) is 11.8 Å². The molecule has 0 radical (unpaired) electrons. The van der Waals surface area contributed by atoms with E-state index in [-0.39, 0.29) is 45.9 Å². The fourth-order valence-corrected chi connectivity index (χ4v) is 8.07. The summed E-state index contributed by atoms with van der Waals surface area (Å²) < 4.78 is 40.3. The minimum absolute atomic E-state index is 0.0682. The highest BCUT2D eigenvalue weighted by Crippen LogP contribution is 2.57. The van der Waals surface area contributed by atoms with Gasteiger partial charge in [-0.2, -0.15) is 4.98 Å². The first-order chi connectivity index (χ1) is 22.3. The number of carbonyl (C=O) groups excluding carboxylic acids is 2. The summed E-state index contributed by atoms with van der Waals surface area (Å²) in [4.78, 5) is 34.3. The van der Waals surface area contributed by atoms with Crippen molar-refractivity contribution < 1.29 is 27.5 Å². The number of alkyl carbamates (subject to hydrolysis) is 1. The maximum atomic E-state index is 13.3. The first-order valence-electron chi connectivity index (χ1n) is 16.0. The van der Waals surface area contributed by atoms with E-state index in [0.29, 0.717) is 30.5 Å². The molecule has 2 N–H and O–H groups in total. The summed E-state index contributed by atoms with van der Waals surface area (Å²) in [6.45, 7) is 8.70. The van der Waals surface area contributed by atoms with Crippen molar-refractivity contribution >= 4 is 28.4 Å². The van der Waals surface area contributed by atoms with Gasteiger partial charge in [0.15, 0.2) is 0 Å². The number of ether oxygens (including phenoxy) is 2. The largest absolute Gasteiger partial charge is 0.476 e. The van der Waals surface area contributed by atoms with Crippen molar-refractivity contribution in [2.24, 2.45) is 11.3 Å². The van der Waals surface area contributed by atoms with E-state index >= 15 is 0 Å². The second kappa shape index (κ2) is 14.0. The number of hydrogen-bond acceptors (Lipinski definition) is 9. The van der Waals surface area contributed by atoms with Crippen LogP contribution < -0.4 is 14.8 Å². The van der Waals surface area contributed by atoms with Crippen molar-refractivity contribution in [2.45, 2.75) is 82.8 Å². The molecule has 1 atom stereocenters. The Bertz CT molecular complexity index is 1690. The van der Waals surface area contributed by atoms with Crippen molar-refractivity contribution in [1.82, 2.24) is 20.2 Å². The second-order valence-electron chi connectivity index (χ2n) is 13.5. The zero-order valence-corrected chi connectivity index (χ0v) is 28.8. The van der Waals surface area contributed by atoms with Crippen molar-refractivity contribution in [1.29, 1.82) is 0 Å². The fraction of sp³-hybridized carbons (Fsp3) is 0.486. The van der Waals surface area contributed by atoms with Crippen LogP contribution in [-0.2, 0) is 14.8 Å². The molecular formula is C35H45N5O6S. The predicted octanol–water partition coefficient (Wildman–Crippen LogP) is 5.77. The van der Waals surface area contributed by atoms with Gasteiger partial charge in [0.1, 0.15) is 12.9 Å². The number of rotatable bonds is 13. The second-order valence-corrected chi connectivity index (χ2v) is 15.2. The quantitative estimate of drug-likeness (QED) is 0.218. The first kappa shape index (κ1) is 34.3. The Balaban J connectivity index is 1.35. The summed E-state index contributed by atoms with van der Waals surface area (Å²) in [5, 5.41) is 2.91. The molecule has 2 aliphatic carbocycles. The Morgan fingerprint density at radius 2 is 1.74 bits per heavy atom. The summed E-state index contributed by atoms with van der Waals surface area (Å²) in [6.07, 6.45) is 5.21. The van der Waals surface area contributed by atoms with E-state index in [2.05, 4.69) is 45.8 Å². The average molecular weight is 664 g/mol. The van der Waals surface area contributed by atoms with E-state index in [1.807, 2.05) is 32.0 Å². The molecule has 5 rings (SSSR count). The van der Waals surface area contributed by atoms with E-state index < -0.39 is 10.0 Å². The lowest BCUT2D eigenvalue weighted by Gasteiger charge is -2.60. The molecule has 1 heterocycles. The molecule has 12 heteroatoms. The number of carbonyl (C=O) groups is 2. The lowest BCUT2D eigenvalue weighted by molar-refractivity contribution is -0.0811. The summed E-state index contributed by atoms with van der Waals surface area (Å²) in [5.41, 5.74) is 3.91. The molecule has 47 heavy (non-hydrogen) atoms. The highest BCUT2D eigenvalue weighted by Gasteiger charge is 2.54. The number of hydrogen-bond donors (Lipinski definition) is 2. The summed E-state index contributed by atoms with van der Waals surface area (Å²) in [6, 6.07) is 14.1. The van der Waals surface area contributed by atoms with Crippen molar-refractivity contribution in [3.63, 3.8) is 0 Å². The van der Waals surface area contributed by atoms with Gasteiger partial charge in [-0.05, 0) is 87.6 Å². The Kier molecular flexibility index (Phi) is 10.2. The molecule has 0 saturated heterocycles. The van der Waals surface area contributed by atoms with Crippen LogP contribution in [0.3, 0.4) is 0 Å². The van der Waals surface area contributed by atoms with Gasteiger partial charge < -0.3 is 14.8 Å². The van der Waals surface area contributed by atoms with E-state index in [4.69, 9.17) is 9.47 Å². The molecule has 1 amide bonds. The number of sulfonamides is 1. The molecule has 2 fully saturated rings. The normalized spacial score (nSPS) is 21.1. The smallest absolute Gasteiger partial charge is 0.407 e. The van der Waals surface area contributed by atoms with Crippen LogP contribution >= 0.6 is 0 Å².